The molecule has 1 aromatic carbocycles. The molecule has 0 heterocycles. The third-order valence-electron chi connectivity index (χ3n) is 6.88. The number of hydrogen-bond donors (Lipinski definition) is 1. The second-order valence-corrected chi connectivity index (χ2v) is 11.8. The first-order chi connectivity index (χ1) is 16.8. The average Bonchev–Trinajstić information content (AvgIpc) is 2.81. The van der Waals surface area contributed by atoms with Gasteiger partial charge in [0, 0.05) is 30.0 Å². The molecule has 1 aromatic rings. The van der Waals surface area contributed by atoms with E-state index in [1.165, 1.54) is 89.9 Å². The quantitative estimate of drug-likeness (QED) is 0.118. The molecule has 0 saturated carbocycles. The lowest BCUT2D eigenvalue weighted by Gasteiger charge is -2.30. The predicted molar refractivity (Wildman–Crippen MR) is 154 cm³/mol. The van der Waals surface area contributed by atoms with Gasteiger partial charge in [-0.1, -0.05) is 126 Å². The molecule has 0 fully saturated rings. The molecule has 35 heavy (non-hydrogen) atoms. The molecule has 5 heteroatoms. The minimum Gasteiger partial charge on any atom is -0.356 e. The SMILES string of the molecule is CCCCCCCCCCCCCCCCCC(=O)NCCC[N+](C)(C)Cc1ccc(Cl)cc1Cl. The molecule has 202 valence electrons. The Morgan fingerprint density at radius 1 is 0.771 bits per heavy atom. The van der Waals surface area contributed by atoms with Crippen molar-refractivity contribution in [2.75, 3.05) is 27.2 Å². The van der Waals surface area contributed by atoms with Crippen molar-refractivity contribution < 1.29 is 9.28 Å². The second kappa shape index (κ2) is 20.3. The Morgan fingerprint density at radius 2 is 1.29 bits per heavy atom. The van der Waals surface area contributed by atoms with E-state index < -0.39 is 0 Å². The predicted octanol–water partition coefficient (Wildman–Crippen LogP) is 9.34. The van der Waals surface area contributed by atoms with Crippen molar-refractivity contribution in [1.29, 1.82) is 0 Å². The number of nitrogens with one attached hydrogen (secondary N) is 1. The standard InChI is InChI=1S/C30H52Cl2N2O/c1-4-5-6-7-8-9-10-11-12-13-14-15-16-17-18-20-30(35)33-23-19-24-34(2,3)26-27-21-22-28(31)25-29(27)32/h21-22,25H,4-20,23-24,26H2,1-3H3/p+1. The van der Waals surface area contributed by atoms with E-state index in [-0.39, 0.29) is 5.91 Å². The third kappa shape index (κ3) is 18.2. The number of unbranched alkanes of at least 4 members (excludes halogenated alkanes) is 14. The number of benzene rings is 1. The molecule has 0 saturated heterocycles. The molecule has 1 rings (SSSR count). The highest BCUT2D eigenvalue weighted by Gasteiger charge is 2.17. The summed E-state index contributed by atoms with van der Waals surface area (Å²) in [6.45, 7) is 4.86. The van der Waals surface area contributed by atoms with Gasteiger partial charge in [-0.25, -0.2) is 0 Å². The molecule has 0 atom stereocenters. The van der Waals surface area contributed by atoms with Crippen molar-refractivity contribution in [3.63, 3.8) is 0 Å². The molecule has 3 nitrogen and oxygen atoms in total. The zero-order valence-corrected chi connectivity index (χ0v) is 24.5. The number of carbonyl (C=O) groups excluding carboxylic acids is 1. The van der Waals surface area contributed by atoms with Crippen molar-refractivity contribution in [2.45, 2.75) is 123 Å². The smallest absolute Gasteiger partial charge is 0.219 e. The first kappa shape index (κ1) is 32.3. The molecular weight excluding hydrogens is 475 g/mol. The first-order valence-electron chi connectivity index (χ1n) is 14.4. The van der Waals surface area contributed by atoms with Crippen LogP contribution < -0.4 is 5.32 Å². The number of quaternary nitrogens is 1. The summed E-state index contributed by atoms with van der Waals surface area (Å²) in [5.41, 5.74) is 1.11. The molecule has 0 unspecified atom stereocenters. The summed E-state index contributed by atoms with van der Waals surface area (Å²) < 4.78 is 0.830. The van der Waals surface area contributed by atoms with Crippen LogP contribution in [-0.2, 0) is 11.3 Å². The number of halogens is 2. The van der Waals surface area contributed by atoms with E-state index in [0.29, 0.717) is 11.4 Å². The summed E-state index contributed by atoms with van der Waals surface area (Å²) in [5.74, 6) is 0.200. The number of amides is 1. The third-order valence-corrected chi connectivity index (χ3v) is 7.47. The van der Waals surface area contributed by atoms with Gasteiger partial charge in [0.25, 0.3) is 0 Å². The lowest BCUT2D eigenvalue weighted by Crippen LogP contribution is -2.41. The van der Waals surface area contributed by atoms with E-state index in [2.05, 4.69) is 26.3 Å². The molecule has 1 N–H and O–H groups in total. The fourth-order valence-corrected chi connectivity index (χ4v) is 5.14. The van der Waals surface area contributed by atoms with Crippen LogP contribution in [0.2, 0.25) is 10.0 Å². The van der Waals surface area contributed by atoms with Gasteiger partial charge in [-0.3, -0.25) is 4.79 Å². The van der Waals surface area contributed by atoms with Crippen LogP contribution in [0.15, 0.2) is 18.2 Å². The van der Waals surface area contributed by atoms with Crippen LogP contribution in [0, 0.1) is 0 Å². The number of hydrogen-bond acceptors (Lipinski definition) is 1. The van der Waals surface area contributed by atoms with Crippen LogP contribution in [0.5, 0.6) is 0 Å². The molecule has 0 aliphatic heterocycles. The van der Waals surface area contributed by atoms with E-state index in [4.69, 9.17) is 23.2 Å². The normalized spacial score (nSPS) is 11.7. The summed E-state index contributed by atoms with van der Waals surface area (Å²) in [6, 6.07) is 5.70. The minimum atomic E-state index is 0.200. The number of nitrogens with zero attached hydrogens (tertiary/aromatic N) is 1. The van der Waals surface area contributed by atoms with E-state index in [1.54, 1.807) is 6.07 Å². The van der Waals surface area contributed by atoms with Crippen LogP contribution in [-0.4, -0.2) is 37.6 Å². The summed E-state index contributed by atoms with van der Waals surface area (Å²) >= 11 is 12.3. The van der Waals surface area contributed by atoms with Gasteiger partial charge in [-0.15, -0.1) is 0 Å². The maximum absolute atomic E-state index is 12.1. The summed E-state index contributed by atoms with van der Waals surface area (Å²) in [6.07, 6.45) is 21.9. The monoisotopic (exact) mass is 527 g/mol. The zero-order chi connectivity index (χ0) is 25.8. The van der Waals surface area contributed by atoms with Crippen LogP contribution >= 0.6 is 23.2 Å². The fourth-order valence-electron chi connectivity index (χ4n) is 4.67. The first-order valence-corrected chi connectivity index (χ1v) is 15.1. The Labute approximate surface area is 226 Å². The van der Waals surface area contributed by atoms with Crippen molar-refractivity contribution in [2.24, 2.45) is 0 Å². The summed E-state index contributed by atoms with van der Waals surface area (Å²) in [4.78, 5) is 12.1. The molecule has 1 amide bonds. The highest BCUT2D eigenvalue weighted by Crippen LogP contribution is 2.23. The van der Waals surface area contributed by atoms with Crippen molar-refractivity contribution in [3.05, 3.63) is 33.8 Å². The zero-order valence-electron chi connectivity index (χ0n) is 23.0. The molecule has 0 aromatic heterocycles. The molecule has 0 bridgehead atoms. The molecule has 0 aliphatic carbocycles. The summed E-state index contributed by atoms with van der Waals surface area (Å²) in [7, 11) is 4.39. The van der Waals surface area contributed by atoms with Crippen molar-refractivity contribution >= 4 is 29.1 Å². The Kier molecular flexibility index (Phi) is 18.7. The molecular formula is C30H53Cl2N2O+. The van der Waals surface area contributed by atoms with Crippen molar-refractivity contribution in [3.8, 4) is 0 Å². The van der Waals surface area contributed by atoms with Gasteiger partial charge < -0.3 is 9.80 Å². The fraction of sp³-hybridized carbons (Fsp3) is 0.767. The Balaban J connectivity index is 1.92. The van der Waals surface area contributed by atoms with Crippen molar-refractivity contribution in [1.82, 2.24) is 5.32 Å². The van der Waals surface area contributed by atoms with Crippen LogP contribution in [0.4, 0.5) is 0 Å². The molecule has 0 aliphatic rings. The van der Waals surface area contributed by atoms with Crippen LogP contribution in [0.25, 0.3) is 0 Å². The lowest BCUT2D eigenvalue weighted by molar-refractivity contribution is -0.903. The van der Waals surface area contributed by atoms with E-state index in [9.17, 15) is 4.79 Å². The van der Waals surface area contributed by atoms with E-state index in [0.717, 1.165) is 47.5 Å². The van der Waals surface area contributed by atoms with Gasteiger partial charge in [-0.2, -0.15) is 0 Å². The number of rotatable bonds is 22. The highest BCUT2D eigenvalue weighted by atomic mass is 35.5. The van der Waals surface area contributed by atoms with E-state index >= 15 is 0 Å². The van der Waals surface area contributed by atoms with E-state index in [1.807, 2.05) is 12.1 Å². The Bertz CT molecular complexity index is 678. The van der Waals surface area contributed by atoms with Crippen LogP contribution in [0.1, 0.15) is 122 Å². The van der Waals surface area contributed by atoms with Gasteiger partial charge in [0.15, 0.2) is 0 Å². The molecule has 0 spiro atoms. The van der Waals surface area contributed by atoms with Crippen LogP contribution in [0.3, 0.4) is 0 Å². The minimum absolute atomic E-state index is 0.200. The van der Waals surface area contributed by atoms with Gasteiger partial charge in [0.2, 0.25) is 5.91 Å². The molecule has 0 radical (unpaired) electrons. The highest BCUT2D eigenvalue weighted by molar-refractivity contribution is 6.35. The maximum atomic E-state index is 12.1. The largest absolute Gasteiger partial charge is 0.356 e. The lowest BCUT2D eigenvalue weighted by atomic mass is 10.0. The maximum Gasteiger partial charge on any atom is 0.219 e. The second-order valence-electron chi connectivity index (χ2n) is 11.0. The Hall–Kier alpha value is -0.770. The van der Waals surface area contributed by atoms with Gasteiger partial charge in [0.05, 0.1) is 25.7 Å². The van der Waals surface area contributed by atoms with Gasteiger partial charge >= 0.3 is 0 Å². The topological polar surface area (TPSA) is 29.1 Å². The number of carbonyl (C=O) groups is 1. The Morgan fingerprint density at radius 3 is 1.80 bits per heavy atom. The van der Waals surface area contributed by atoms with Gasteiger partial charge in [0.1, 0.15) is 6.54 Å². The summed E-state index contributed by atoms with van der Waals surface area (Å²) in [5, 5.41) is 4.49. The average molecular weight is 529 g/mol. The van der Waals surface area contributed by atoms with Gasteiger partial charge in [-0.05, 0) is 18.6 Å².